The Morgan fingerprint density at radius 2 is 2.06 bits per heavy atom. The van der Waals surface area contributed by atoms with E-state index < -0.39 is 6.43 Å². The average molecular weight is 251 g/mol. The number of alkyl halides is 2. The molecule has 0 aliphatic rings. The Kier molecular flexibility index (Phi) is 3.72. The summed E-state index contributed by atoms with van der Waals surface area (Å²) in [5.74, 6) is 0.525. The van der Waals surface area contributed by atoms with E-state index >= 15 is 0 Å². The first-order valence-corrected chi connectivity index (χ1v) is 5.70. The molecule has 1 aromatic carbocycles. The number of hydrogen-bond acceptors (Lipinski definition) is 3. The number of aromatic nitrogens is 1. The molecule has 5 heteroatoms. The molecule has 0 spiro atoms. The van der Waals surface area contributed by atoms with Gasteiger partial charge in [0.2, 0.25) is 0 Å². The van der Waals surface area contributed by atoms with Crippen LogP contribution < -0.4 is 10.6 Å². The Bertz CT molecular complexity index is 543. The number of anilines is 1. The van der Waals surface area contributed by atoms with Gasteiger partial charge in [-0.05, 0) is 12.1 Å². The second kappa shape index (κ2) is 5.27. The van der Waals surface area contributed by atoms with Crippen molar-refractivity contribution in [3.63, 3.8) is 0 Å². The van der Waals surface area contributed by atoms with Gasteiger partial charge in [-0.3, -0.25) is 0 Å². The molecule has 0 unspecified atom stereocenters. The predicted octanol–water partition coefficient (Wildman–Crippen LogP) is 2.39. The van der Waals surface area contributed by atoms with E-state index in [1.165, 1.54) is 4.90 Å². The summed E-state index contributed by atoms with van der Waals surface area (Å²) in [5, 5.41) is 0.965. The van der Waals surface area contributed by atoms with Crippen molar-refractivity contribution in [2.75, 3.05) is 18.5 Å². The number of rotatable bonds is 4. The van der Waals surface area contributed by atoms with Gasteiger partial charge in [-0.2, -0.15) is 0 Å². The second-order valence-corrected chi connectivity index (χ2v) is 4.14. The highest BCUT2D eigenvalue weighted by Gasteiger charge is 2.14. The van der Waals surface area contributed by atoms with Crippen LogP contribution in [0.1, 0.15) is 5.56 Å². The van der Waals surface area contributed by atoms with E-state index in [-0.39, 0.29) is 13.1 Å². The quantitative estimate of drug-likeness (QED) is 0.907. The third kappa shape index (κ3) is 2.56. The predicted molar refractivity (Wildman–Crippen MR) is 68.9 cm³/mol. The van der Waals surface area contributed by atoms with E-state index in [1.54, 1.807) is 7.05 Å². The van der Waals surface area contributed by atoms with Crippen molar-refractivity contribution >= 4 is 16.7 Å². The molecule has 18 heavy (non-hydrogen) atoms. The van der Waals surface area contributed by atoms with Gasteiger partial charge in [0.15, 0.2) is 0 Å². The largest absolute Gasteiger partial charge is 0.354 e. The zero-order valence-electron chi connectivity index (χ0n) is 10.1. The number of nitrogens with two attached hydrogens (primary N) is 1. The third-order valence-corrected chi connectivity index (χ3v) is 2.77. The van der Waals surface area contributed by atoms with Crippen molar-refractivity contribution in [1.29, 1.82) is 0 Å². The van der Waals surface area contributed by atoms with Crippen molar-refractivity contribution in [2.45, 2.75) is 13.0 Å². The van der Waals surface area contributed by atoms with Gasteiger partial charge in [-0.1, -0.05) is 18.2 Å². The summed E-state index contributed by atoms with van der Waals surface area (Å²) in [4.78, 5) is 5.86. The van der Waals surface area contributed by atoms with E-state index in [1.807, 2.05) is 30.3 Å². The zero-order chi connectivity index (χ0) is 13.1. The van der Waals surface area contributed by atoms with Crippen molar-refractivity contribution in [3.05, 3.63) is 35.9 Å². The molecule has 3 nitrogen and oxygen atoms in total. The van der Waals surface area contributed by atoms with E-state index in [2.05, 4.69) is 4.98 Å². The molecule has 0 atom stereocenters. The molecule has 1 aromatic heterocycles. The molecule has 0 saturated carbocycles. The summed E-state index contributed by atoms with van der Waals surface area (Å²) >= 11 is 0. The minimum Gasteiger partial charge on any atom is -0.354 e. The highest BCUT2D eigenvalue weighted by molar-refractivity contribution is 5.81. The van der Waals surface area contributed by atoms with Gasteiger partial charge in [0.25, 0.3) is 6.43 Å². The van der Waals surface area contributed by atoms with Gasteiger partial charge in [-0.15, -0.1) is 0 Å². The molecule has 2 rings (SSSR count). The number of fused-ring (bicyclic) bond motifs is 1. The second-order valence-electron chi connectivity index (χ2n) is 4.14. The molecule has 1 heterocycles. The molecule has 2 aromatic rings. The van der Waals surface area contributed by atoms with Crippen molar-refractivity contribution in [1.82, 2.24) is 4.98 Å². The fraction of sp³-hybridized carbons (Fsp3) is 0.308. The van der Waals surface area contributed by atoms with Crippen LogP contribution in [0.5, 0.6) is 0 Å². The van der Waals surface area contributed by atoms with Crippen LogP contribution in [0.4, 0.5) is 14.6 Å². The molecule has 0 saturated heterocycles. The van der Waals surface area contributed by atoms with E-state index in [9.17, 15) is 8.78 Å². The van der Waals surface area contributed by atoms with Gasteiger partial charge in [0.05, 0.1) is 12.1 Å². The molecule has 0 radical (unpaired) electrons. The number of benzene rings is 1. The maximum absolute atomic E-state index is 12.4. The van der Waals surface area contributed by atoms with Crippen LogP contribution in [-0.2, 0) is 6.54 Å². The van der Waals surface area contributed by atoms with Crippen LogP contribution in [0, 0.1) is 0 Å². The summed E-state index contributed by atoms with van der Waals surface area (Å²) in [7, 11) is 1.60. The first-order valence-electron chi connectivity index (χ1n) is 5.70. The lowest BCUT2D eigenvalue weighted by atomic mass is 10.1. The fourth-order valence-corrected chi connectivity index (χ4v) is 1.92. The summed E-state index contributed by atoms with van der Waals surface area (Å²) in [6.45, 7) is -0.0704. The van der Waals surface area contributed by atoms with Crippen molar-refractivity contribution in [2.24, 2.45) is 5.73 Å². The molecule has 0 amide bonds. The van der Waals surface area contributed by atoms with Gasteiger partial charge in [0, 0.05) is 24.5 Å². The molecule has 96 valence electrons. The SMILES string of the molecule is CN(CC(F)F)c1nc2ccccc2cc1CN. The van der Waals surface area contributed by atoms with Crippen LogP contribution in [-0.4, -0.2) is 25.0 Å². The number of pyridine rings is 1. The van der Waals surface area contributed by atoms with E-state index in [0.29, 0.717) is 5.82 Å². The number of para-hydroxylation sites is 1. The minimum atomic E-state index is -2.39. The first kappa shape index (κ1) is 12.7. The molecule has 0 aliphatic heterocycles. The fourth-order valence-electron chi connectivity index (χ4n) is 1.92. The highest BCUT2D eigenvalue weighted by atomic mass is 19.3. The lowest BCUT2D eigenvalue weighted by Crippen LogP contribution is -2.26. The Morgan fingerprint density at radius 1 is 1.33 bits per heavy atom. The lowest BCUT2D eigenvalue weighted by Gasteiger charge is -2.21. The zero-order valence-corrected chi connectivity index (χ0v) is 10.1. The van der Waals surface area contributed by atoms with Gasteiger partial charge in [-0.25, -0.2) is 13.8 Å². The summed E-state index contributed by atoms with van der Waals surface area (Å²) in [6.07, 6.45) is -2.39. The number of hydrogen-bond donors (Lipinski definition) is 1. The molecule has 2 N–H and O–H groups in total. The first-order chi connectivity index (χ1) is 8.61. The average Bonchev–Trinajstić information content (AvgIpc) is 2.36. The topological polar surface area (TPSA) is 42.2 Å². The standard InChI is InChI=1S/C13H15F2N3/c1-18(8-12(14)15)13-10(7-16)6-9-4-2-3-5-11(9)17-13/h2-6,12H,7-8,16H2,1H3. The third-order valence-electron chi connectivity index (χ3n) is 2.77. The smallest absolute Gasteiger partial charge is 0.255 e. The van der Waals surface area contributed by atoms with E-state index in [4.69, 9.17) is 5.73 Å². The molecular formula is C13H15F2N3. The monoisotopic (exact) mass is 251 g/mol. The minimum absolute atomic E-state index is 0.279. The van der Waals surface area contributed by atoms with Crippen molar-refractivity contribution < 1.29 is 8.78 Å². The Hall–Kier alpha value is -1.75. The van der Waals surface area contributed by atoms with Gasteiger partial charge in [0.1, 0.15) is 5.82 Å². The van der Waals surface area contributed by atoms with Crippen LogP contribution in [0.3, 0.4) is 0 Å². The number of halogens is 2. The summed E-state index contributed by atoms with van der Waals surface area (Å²) < 4.78 is 24.8. The maximum atomic E-state index is 12.4. The molecular weight excluding hydrogens is 236 g/mol. The van der Waals surface area contributed by atoms with Crippen molar-refractivity contribution in [3.8, 4) is 0 Å². The van der Waals surface area contributed by atoms with Crippen LogP contribution in [0.25, 0.3) is 10.9 Å². The highest BCUT2D eigenvalue weighted by Crippen LogP contribution is 2.23. The van der Waals surface area contributed by atoms with E-state index in [0.717, 1.165) is 16.5 Å². The number of nitrogens with zero attached hydrogens (tertiary/aromatic N) is 2. The van der Waals surface area contributed by atoms with Gasteiger partial charge >= 0.3 is 0 Å². The van der Waals surface area contributed by atoms with Crippen LogP contribution in [0.15, 0.2) is 30.3 Å². The Balaban J connectivity index is 2.47. The normalized spacial score (nSPS) is 11.2. The lowest BCUT2D eigenvalue weighted by molar-refractivity contribution is 0.156. The Morgan fingerprint density at radius 3 is 2.72 bits per heavy atom. The molecule has 0 aliphatic carbocycles. The summed E-state index contributed by atoms with van der Waals surface area (Å²) in [5.41, 5.74) is 7.21. The van der Waals surface area contributed by atoms with Crippen LogP contribution >= 0.6 is 0 Å². The van der Waals surface area contributed by atoms with Gasteiger partial charge < -0.3 is 10.6 Å². The summed E-state index contributed by atoms with van der Waals surface area (Å²) in [6, 6.07) is 9.47. The molecule has 0 fully saturated rings. The maximum Gasteiger partial charge on any atom is 0.255 e. The Labute approximate surface area is 104 Å². The van der Waals surface area contributed by atoms with Crippen LogP contribution in [0.2, 0.25) is 0 Å². The molecule has 0 bridgehead atoms.